The van der Waals surface area contributed by atoms with E-state index in [4.69, 9.17) is 0 Å². The van der Waals surface area contributed by atoms with Gasteiger partial charge in [-0.25, -0.2) is 0 Å². The van der Waals surface area contributed by atoms with Crippen molar-refractivity contribution in [1.82, 2.24) is 10.2 Å². The van der Waals surface area contributed by atoms with Crippen LogP contribution in [0.1, 0.15) is 51.1 Å². The van der Waals surface area contributed by atoms with Crippen LogP contribution in [0.15, 0.2) is 24.3 Å². The predicted molar refractivity (Wildman–Crippen MR) is 107 cm³/mol. The number of halogens is 2. The first-order valence-electron chi connectivity index (χ1n) is 8.53. The average Bonchev–Trinajstić information content (AvgIpc) is 2.53. The average molecular weight is 376 g/mol. The Morgan fingerprint density at radius 1 is 1.17 bits per heavy atom. The highest BCUT2D eigenvalue weighted by molar-refractivity contribution is 5.88. The Kier molecular flexibility index (Phi) is 12.1. The molecule has 0 unspecified atom stereocenters. The molecule has 1 aliphatic heterocycles. The molecule has 1 fully saturated rings. The smallest absolute Gasteiger partial charge is 0.221 e. The van der Waals surface area contributed by atoms with Crippen LogP contribution >= 0.6 is 24.8 Å². The molecule has 138 valence electrons. The molecule has 1 aromatic rings. The second-order valence-corrected chi connectivity index (χ2v) is 6.10. The molecule has 1 heterocycles. The standard InChI is InChI=1S/C18H29N3O.2ClH/c1-3-4-5-6-18(21-13-11-19-12-14-21)16-7-9-17(10-8-16)20-15(2)22;;/h7-10,18-19H,3-6,11-14H2,1-2H3,(H,20,22);2*1H/t18-;;/m0../s1. The number of anilines is 1. The van der Waals surface area contributed by atoms with E-state index in [0.717, 1.165) is 31.9 Å². The highest BCUT2D eigenvalue weighted by Crippen LogP contribution is 2.28. The SMILES string of the molecule is CCCCC[C@@H](c1ccc(NC(C)=O)cc1)N1CCNCC1.Cl.Cl. The van der Waals surface area contributed by atoms with Crippen molar-refractivity contribution in [2.45, 2.75) is 45.6 Å². The Balaban J connectivity index is 0.00000264. The van der Waals surface area contributed by atoms with Crippen molar-refractivity contribution < 1.29 is 4.79 Å². The Morgan fingerprint density at radius 3 is 2.33 bits per heavy atom. The predicted octanol–water partition coefficient (Wildman–Crippen LogP) is 4.02. The molecule has 0 aromatic heterocycles. The lowest BCUT2D eigenvalue weighted by Gasteiger charge is -2.35. The largest absolute Gasteiger partial charge is 0.326 e. The molecule has 2 N–H and O–H groups in total. The van der Waals surface area contributed by atoms with E-state index in [1.165, 1.54) is 31.2 Å². The molecule has 0 aliphatic carbocycles. The number of nitrogens with one attached hydrogen (secondary N) is 2. The summed E-state index contributed by atoms with van der Waals surface area (Å²) in [5.41, 5.74) is 2.25. The van der Waals surface area contributed by atoms with Gasteiger partial charge in [0, 0.05) is 44.8 Å². The minimum atomic E-state index is -0.0191. The fraction of sp³-hybridized carbons (Fsp3) is 0.611. The first-order valence-corrected chi connectivity index (χ1v) is 8.53. The molecule has 1 aromatic carbocycles. The minimum Gasteiger partial charge on any atom is -0.326 e. The Morgan fingerprint density at radius 2 is 1.79 bits per heavy atom. The zero-order valence-corrected chi connectivity index (χ0v) is 16.3. The van der Waals surface area contributed by atoms with E-state index in [9.17, 15) is 4.79 Å². The van der Waals surface area contributed by atoms with E-state index in [2.05, 4.69) is 34.6 Å². The van der Waals surface area contributed by atoms with Gasteiger partial charge in [0.25, 0.3) is 0 Å². The number of carbonyl (C=O) groups excluding carboxylic acids is 1. The fourth-order valence-electron chi connectivity index (χ4n) is 3.13. The van der Waals surface area contributed by atoms with Gasteiger partial charge in [-0.05, 0) is 24.1 Å². The van der Waals surface area contributed by atoms with Gasteiger partial charge in [0.2, 0.25) is 5.91 Å². The maximum absolute atomic E-state index is 11.1. The summed E-state index contributed by atoms with van der Waals surface area (Å²) in [6.45, 7) is 8.18. The number of hydrogen-bond donors (Lipinski definition) is 2. The van der Waals surface area contributed by atoms with Gasteiger partial charge in [-0.15, -0.1) is 24.8 Å². The monoisotopic (exact) mass is 375 g/mol. The second-order valence-electron chi connectivity index (χ2n) is 6.10. The molecule has 2 rings (SSSR count). The third kappa shape index (κ3) is 7.39. The van der Waals surface area contributed by atoms with Gasteiger partial charge in [-0.3, -0.25) is 9.69 Å². The van der Waals surface area contributed by atoms with E-state index in [0.29, 0.717) is 6.04 Å². The molecule has 1 aliphatic rings. The minimum absolute atomic E-state index is 0. The molecule has 6 heteroatoms. The van der Waals surface area contributed by atoms with Crippen LogP contribution in [0.4, 0.5) is 5.69 Å². The van der Waals surface area contributed by atoms with E-state index >= 15 is 0 Å². The first-order chi connectivity index (χ1) is 10.7. The maximum Gasteiger partial charge on any atom is 0.221 e. The number of carbonyl (C=O) groups is 1. The number of amides is 1. The Hall–Kier alpha value is -0.810. The Bertz CT molecular complexity index is 462. The molecule has 1 saturated heterocycles. The lowest BCUT2D eigenvalue weighted by molar-refractivity contribution is -0.114. The highest BCUT2D eigenvalue weighted by Gasteiger charge is 2.21. The van der Waals surface area contributed by atoms with Crippen LogP contribution < -0.4 is 10.6 Å². The molecular formula is C18H31Cl2N3O. The topological polar surface area (TPSA) is 44.4 Å². The van der Waals surface area contributed by atoms with Crippen molar-refractivity contribution in [1.29, 1.82) is 0 Å². The van der Waals surface area contributed by atoms with Crippen molar-refractivity contribution in [2.75, 3.05) is 31.5 Å². The molecule has 0 bridgehead atoms. The normalized spacial score (nSPS) is 15.8. The molecule has 1 atom stereocenters. The summed E-state index contributed by atoms with van der Waals surface area (Å²) >= 11 is 0. The van der Waals surface area contributed by atoms with Crippen LogP contribution in [-0.4, -0.2) is 37.0 Å². The van der Waals surface area contributed by atoms with Crippen molar-refractivity contribution in [3.63, 3.8) is 0 Å². The fourth-order valence-corrected chi connectivity index (χ4v) is 3.13. The van der Waals surface area contributed by atoms with Crippen LogP contribution in [0.3, 0.4) is 0 Å². The van der Waals surface area contributed by atoms with Crippen LogP contribution in [0.5, 0.6) is 0 Å². The van der Waals surface area contributed by atoms with Crippen LogP contribution in [0.2, 0.25) is 0 Å². The zero-order chi connectivity index (χ0) is 15.8. The van der Waals surface area contributed by atoms with Crippen LogP contribution in [0, 0.1) is 0 Å². The molecule has 0 spiro atoms. The molecular weight excluding hydrogens is 345 g/mol. The van der Waals surface area contributed by atoms with Crippen LogP contribution in [0.25, 0.3) is 0 Å². The summed E-state index contributed by atoms with van der Waals surface area (Å²) in [5, 5.41) is 6.27. The van der Waals surface area contributed by atoms with Gasteiger partial charge in [0.05, 0.1) is 0 Å². The van der Waals surface area contributed by atoms with E-state index in [1.54, 1.807) is 6.92 Å². The van der Waals surface area contributed by atoms with E-state index < -0.39 is 0 Å². The first kappa shape index (κ1) is 23.2. The molecule has 0 radical (unpaired) electrons. The van der Waals surface area contributed by atoms with Crippen LogP contribution in [-0.2, 0) is 4.79 Å². The van der Waals surface area contributed by atoms with Crippen molar-refractivity contribution in [3.8, 4) is 0 Å². The van der Waals surface area contributed by atoms with Crippen molar-refractivity contribution in [3.05, 3.63) is 29.8 Å². The summed E-state index contributed by atoms with van der Waals surface area (Å²) < 4.78 is 0. The molecule has 1 amide bonds. The molecule has 4 nitrogen and oxygen atoms in total. The maximum atomic E-state index is 11.1. The van der Waals surface area contributed by atoms with E-state index in [1.807, 2.05) is 12.1 Å². The van der Waals surface area contributed by atoms with Crippen molar-refractivity contribution >= 4 is 36.4 Å². The number of hydrogen-bond acceptors (Lipinski definition) is 3. The zero-order valence-electron chi connectivity index (χ0n) is 14.7. The summed E-state index contributed by atoms with van der Waals surface area (Å²) in [6, 6.07) is 8.88. The summed E-state index contributed by atoms with van der Waals surface area (Å²) in [6.07, 6.45) is 5.05. The van der Waals surface area contributed by atoms with Crippen molar-refractivity contribution in [2.24, 2.45) is 0 Å². The van der Waals surface area contributed by atoms with Gasteiger partial charge in [0.15, 0.2) is 0 Å². The Labute approximate surface area is 158 Å². The lowest BCUT2D eigenvalue weighted by atomic mass is 9.98. The number of piperazine rings is 1. The molecule has 0 saturated carbocycles. The number of nitrogens with zero attached hydrogens (tertiary/aromatic N) is 1. The van der Waals surface area contributed by atoms with Gasteiger partial charge >= 0.3 is 0 Å². The third-order valence-corrected chi connectivity index (χ3v) is 4.29. The van der Waals surface area contributed by atoms with Gasteiger partial charge in [-0.1, -0.05) is 38.3 Å². The second kappa shape index (κ2) is 12.5. The highest BCUT2D eigenvalue weighted by atomic mass is 35.5. The number of benzene rings is 1. The van der Waals surface area contributed by atoms with Gasteiger partial charge < -0.3 is 10.6 Å². The number of unbranched alkanes of at least 4 members (excludes halogenated alkanes) is 2. The van der Waals surface area contributed by atoms with E-state index in [-0.39, 0.29) is 30.7 Å². The quantitative estimate of drug-likeness (QED) is 0.707. The third-order valence-electron chi connectivity index (χ3n) is 4.29. The van der Waals surface area contributed by atoms with Gasteiger partial charge in [0.1, 0.15) is 0 Å². The lowest BCUT2D eigenvalue weighted by Crippen LogP contribution is -2.45. The summed E-state index contributed by atoms with van der Waals surface area (Å²) in [7, 11) is 0. The molecule has 24 heavy (non-hydrogen) atoms. The number of rotatable bonds is 7. The van der Waals surface area contributed by atoms with Gasteiger partial charge in [-0.2, -0.15) is 0 Å². The summed E-state index contributed by atoms with van der Waals surface area (Å²) in [5.74, 6) is -0.0191. The summed E-state index contributed by atoms with van der Waals surface area (Å²) in [4.78, 5) is 13.7.